The molecule has 0 bridgehead atoms. The summed E-state index contributed by atoms with van der Waals surface area (Å²) in [7, 11) is 2.95. The standard InChI is InChI=1S/C19H25NO7.ClH/c1-12-8-16(22)27-17-14(12)9-15(18(23-2)19(17)24-3)26-11-13(21)10-20-4-6-25-7-5-20;/h8-9,13,21H,4-7,10-11H2,1-3H3;1H. The van der Waals surface area contributed by atoms with Crippen molar-refractivity contribution in [3.8, 4) is 17.2 Å². The molecule has 1 aliphatic heterocycles. The minimum absolute atomic E-state index is 0. The Morgan fingerprint density at radius 2 is 1.86 bits per heavy atom. The van der Waals surface area contributed by atoms with Crippen molar-refractivity contribution in [2.24, 2.45) is 0 Å². The van der Waals surface area contributed by atoms with Crippen LogP contribution in [0.4, 0.5) is 0 Å². The second-order valence-electron chi connectivity index (χ2n) is 6.44. The number of methoxy groups -OCH3 is 2. The lowest BCUT2D eigenvalue weighted by atomic mass is 10.1. The van der Waals surface area contributed by atoms with E-state index in [4.69, 9.17) is 23.4 Å². The molecule has 28 heavy (non-hydrogen) atoms. The molecule has 2 aromatic rings. The molecule has 0 spiro atoms. The third kappa shape index (κ3) is 4.88. The molecule has 3 rings (SSSR count). The number of β-amino-alcohol motifs (C(OH)–C–C–N with tert-alkyl or cyclic N) is 1. The highest BCUT2D eigenvalue weighted by atomic mass is 35.5. The Morgan fingerprint density at radius 3 is 2.50 bits per heavy atom. The highest BCUT2D eigenvalue weighted by Crippen LogP contribution is 2.43. The van der Waals surface area contributed by atoms with E-state index >= 15 is 0 Å². The minimum Gasteiger partial charge on any atom is -0.490 e. The first-order valence-electron chi connectivity index (χ1n) is 8.84. The summed E-state index contributed by atoms with van der Waals surface area (Å²) in [6.07, 6.45) is -0.663. The maximum atomic E-state index is 11.7. The fraction of sp³-hybridized carbons (Fsp3) is 0.526. The number of halogens is 1. The lowest BCUT2D eigenvalue weighted by molar-refractivity contribution is 0.00443. The van der Waals surface area contributed by atoms with Crippen molar-refractivity contribution in [1.29, 1.82) is 0 Å². The van der Waals surface area contributed by atoms with Gasteiger partial charge in [0, 0.05) is 31.1 Å². The average molecular weight is 416 g/mol. The highest BCUT2D eigenvalue weighted by molar-refractivity contribution is 5.90. The van der Waals surface area contributed by atoms with E-state index < -0.39 is 11.7 Å². The molecule has 2 heterocycles. The van der Waals surface area contributed by atoms with Crippen molar-refractivity contribution >= 4 is 23.4 Å². The predicted molar refractivity (Wildman–Crippen MR) is 106 cm³/mol. The zero-order valence-corrected chi connectivity index (χ0v) is 17.0. The summed E-state index contributed by atoms with van der Waals surface area (Å²) in [4.78, 5) is 13.9. The molecule has 1 unspecified atom stereocenters. The van der Waals surface area contributed by atoms with Crippen molar-refractivity contribution in [1.82, 2.24) is 4.90 Å². The SMILES string of the molecule is COc1c(OCC(O)CN2CCOCC2)cc2c(C)cc(=O)oc2c1OC.Cl. The zero-order chi connectivity index (χ0) is 19.4. The van der Waals surface area contributed by atoms with Crippen LogP contribution < -0.4 is 19.8 Å². The molecule has 1 aliphatic rings. The van der Waals surface area contributed by atoms with Crippen LogP contribution in [-0.4, -0.2) is 69.8 Å². The number of hydrogen-bond donors (Lipinski definition) is 1. The summed E-state index contributed by atoms with van der Waals surface area (Å²) in [6.45, 7) is 5.34. The van der Waals surface area contributed by atoms with Gasteiger partial charge < -0.3 is 28.5 Å². The topological polar surface area (TPSA) is 90.6 Å². The number of hydrogen-bond acceptors (Lipinski definition) is 8. The number of nitrogens with zero attached hydrogens (tertiary/aromatic N) is 1. The van der Waals surface area contributed by atoms with E-state index in [2.05, 4.69) is 4.90 Å². The van der Waals surface area contributed by atoms with E-state index in [0.717, 1.165) is 18.7 Å². The lowest BCUT2D eigenvalue weighted by Gasteiger charge is -2.28. The Hall–Kier alpha value is -2.00. The van der Waals surface area contributed by atoms with Crippen LogP contribution in [0.2, 0.25) is 0 Å². The van der Waals surface area contributed by atoms with Gasteiger partial charge in [-0.25, -0.2) is 4.79 Å². The Balaban J connectivity index is 0.00000280. The molecule has 0 radical (unpaired) electrons. The van der Waals surface area contributed by atoms with Gasteiger partial charge in [-0.2, -0.15) is 0 Å². The molecule has 8 nitrogen and oxygen atoms in total. The van der Waals surface area contributed by atoms with Crippen LogP contribution in [0, 0.1) is 6.92 Å². The Kier molecular flexibility index (Phi) is 7.94. The Labute approximate surface area is 169 Å². The quantitative estimate of drug-likeness (QED) is 0.682. The van der Waals surface area contributed by atoms with Crippen molar-refractivity contribution < 1.29 is 28.5 Å². The third-order valence-electron chi connectivity index (χ3n) is 4.53. The fourth-order valence-electron chi connectivity index (χ4n) is 3.18. The zero-order valence-electron chi connectivity index (χ0n) is 16.2. The largest absolute Gasteiger partial charge is 0.490 e. The number of benzene rings is 1. The summed E-state index contributed by atoms with van der Waals surface area (Å²) in [5.41, 5.74) is 0.580. The predicted octanol–water partition coefficient (Wildman–Crippen LogP) is 1.61. The van der Waals surface area contributed by atoms with Gasteiger partial charge in [-0.05, 0) is 18.6 Å². The number of rotatable bonds is 7. The molecular weight excluding hydrogens is 390 g/mol. The van der Waals surface area contributed by atoms with Gasteiger partial charge >= 0.3 is 5.63 Å². The summed E-state index contributed by atoms with van der Waals surface area (Å²) >= 11 is 0. The first kappa shape index (κ1) is 22.3. The van der Waals surface area contributed by atoms with Gasteiger partial charge in [0.05, 0.1) is 27.4 Å². The van der Waals surface area contributed by atoms with Crippen LogP contribution in [0.25, 0.3) is 11.0 Å². The molecule has 1 aromatic heterocycles. The maximum Gasteiger partial charge on any atom is 0.336 e. The highest BCUT2D eigenvalue weighted by Gasteiger charge is 2.21. The van der Waals surface area contributed by atoms with Crippen LogP contribution in [0.15, 0.2) is 21.3 Å². The summed E-state index contributed by atoms with van der Waals surface area (Å²) in [6, 6.07) is 3.14. The summed E-state index contributed by atoms with van der Waals surface area (Å²) in [5, 5.41) is 11.0. The van der Waals surface area contributed by atoms with Gasteiger partial charge in [-0.3, -0.25) is 4.90 Å². The molecule has 0 amide bonds. The molecule has 1 atom stereocenters. The van der Waals surface area contributed by atoms with E-state index in [1.807, 2.05) is 6.92 Å². The monoisotopic (exact) mass is 415 g/mol. The number of aliphatic hydroxyl groups excluding tert-OH is 1. The van der Waals surface area contributed by atoms with E-state index in [1.54, 1.807) is 6.07 Å². The summed E-state index contributed by atoms with van der Waals surface area (Å²) < 4.78 is 27.3. The molecule has 1 N–H and O–H groups in total. The van der Waals surface area contributed by atoms with Crippen molar-refractivity contribution in [2.45, 2.75) is 13.0 Å². The smallest absolute Gasteiger partial charge is 0.336 e. The summed E-state index contributed by atoms with van der Waals surface area (Å²) in [5.74, 6) is 1.02. The van der Waals surface area contributed by atoms with Crippen LogP contribution in [-0.2, 0) is 4.74 Å². The van der Waals surface area contributed by atoms with Crippen molar-refractivity contribution in [3.05, 3.63) is 28.1 Å². The van der Waals surface area contributed by atoms with E-state index in [9.17, 15) is 9.90 Å². The maximum absolute atomic E-state index is 11.7. The number of morpholine rings is 1. The molecule has 9 heteroatoms. The number of ether oxygens (including phenoxy) is 4. The fourth-order valence-corrected chi connectivity index (χ4v) is 3.18. The van der Waals surface area contributed by atoms with E-state index in [-0.39, 0.29) is 24.8 Å². The Morgan fingerprint density at radius 1 is 1.18 bits per heavy atom. The molecule has 1 fully saturated rings. The Bertz CT molecular complexity index is 848. The average Bonchev–Trinajstić information content (AvgIpc) is 2.66. The van der Waals surface area contributed by atoms with Crippen LogP contribution in [0.3, 0.4) is 0 Å². The normalized spacial score (nSPS) is 15.7. The number of fused-ring (bicyclic) bond motifs is 1. The molecular formula is C19H26ClNO7. The number of aryl methyl sites for hydroxylation is 1. The molecule has 1 saturated heterocycles. The van der Waals surface area contributed by atoms with E-state index in [0.29, 0.717) is 42.2 Å². The van der Waals surface area contributed by atoms with Crippen LogP contribution in [0.5, 0.6) is 17.2 Å². The van der Waals surface area contributed by atoms with Gasteiger partial charge in [-0.1, -0.05) is 0 Å². The van der Waals surface area contributed by atoms with Gasteiger partial charge in [0.1, 0.15) is 12.7 Å². The van der Waals surface area contributed by atoms with Gasteiger partial charge in [0.15, 0.2) is 11.3 Å². The first-order chi connectivity index (χ1) is 13.0. The van der Waals surface area contributed by atoms with Gasteiger partial charge in [0.2, 0.25) is 11.5 Å². The third-order valence-corrected chi connectivity index (χ3v) is 4.53. The second-order valence-corrected chi connectivity index (χ2v) is 6.44. The van der Waals surface area contributed by atoms with Crippen molar-refractivity contribution in [2.75, 3.05) is 53.7 Å². The lowest BCUT2D eigenvalue weighted by Crippen LogP contribution is -2.42. The van der Waals surface area contributed by atoms with Crippen LogP contribution >= 0.6 is 12.4 Å². The van der Waals surface area contributed by atoms with Gasteiger partial charge in [0.25, 0.3) is 0 Å². The molecule has 0 saturated carbocycles. The molecule has 1 aromatic carbocycles. The van der Waals surface area contributed by atoms with Crippen LogP contribution in [0.1, 0.15) is 5.56 Å². The van der Waals surface area contributed by atoms with Gasteiger partial charge in [-0.15, -0.1) is 12.4 Å². The minimum atomic E-state index is -0.663. The van der Waals surface area contributed by atoms with E-state index in [1.165, 1.54) is 20.3 Å². The number of aliphatic hydroxyl groups is 1. The first-order valence-corrected chi connectivity index (χ1v) is 8.84. The second kappa shape index (κ2) is 9.97. The van der Waals surface area contributed by atoms with Crippen molar-refractivity contribution in [3.63, 3.8) is 0 Å². The molecule has 0 aliphatic carbocycles. The molecule has 156 valence electrons.